The van der Waals surface area contributed by atoms with Gasteiger partial charge in [-0.15, -0.1) is 0 Å². The number of aromatic hydroxyl groups is 1. The summed E-state index contributed by atoms with van der Waals surface area (Å²) in [6, 6.07) is 8.92. The molecule has 0 radical (unpaired) electrons. The maximum absolute atomic E-state index is 13.0. The summed E-state index contributed by atoms with van der Waals surface area (Å²) in [5.41, 5.74) is 1.96. The van der Waals surface area contributed by atoms with Crippen molar-refractivity contribution in [1.82, 2.24) is 0 Å². The van der Waals surface area contributed by atoms with Gasteiger partial charge in [0.25, 0.3) is 0 Å². The van der Waals surface area contributed by atoms with Gasteiger partial charge in [-0.3, -0.25) is 0 Å². The zero-order chi connectivity index (χ0) is 20.0. The SMILES string of the molecule is Nc1oc(-c2ccccc2)c(O)c1-c1cc(C(F)(F)F)cc(C(F)(F)F)c1. The van der Waals surface area contributed by atoms with Gasteiger partial charge in [0.1, 0.15) is 0 Å². The summed E-state index contributed by atoms with van der Waals surface area (Å²) >= 11 is 0. The maximum atomic E-state index is 13.0. The molecule has 0 fully saturated rings. The average molecular weight is 387 g/mol. The molecule has 0 amide bonds. The van der Waals surface area contributed by atoms with E-state index in [1.54, 1.807) is 18.2 Å². The zero-order valence-electron chi connectivity index (χ0n) is 13.3. The molecular formula is C18H11F6NO2. The van der Waals surface area contributed by atoms with Crippen molar-refractivity contribution in [3.8, 4) is 28.2 Å². The minimum absolute atomic E-state index is 0.00503. The van der Waals surface area contributed by atoms with E-state index in [1.807, 2.05) is 0 Å². The molecule has 0 atom stereocenters. The van der Waals surface area contributed by atoms with Gasteiger partial charge in [0.05, 0.1) is 16.7 Å². The topological polar surface area (TPSA) is 59.4 Å². The Morgan fingerprint density at radius 2 is 1.30 bits per heavy atom. The zero-order valence-corrected chi connectivity index (χ0v) is 13.3. The van der Waals surface area contributed by atoms with E-state index in [0.29, 0.717) is 17.7 Å². The van der Waals surface area contributed by atoms with Crippen molar-refractivity contribution in [2.45, 2.75) is 12.4 Å². The summed E-state index contributed by atoms with van der Waals surface area (Å²) < 4.78 is 83.4. The summed E-state index contributed by atoms with van der Waals surface area (Å²) in [5.74, 6) is -1.31. The first-order valence-corrected chi connectivity index (χ1v) is 7.45. The molecule has 9 heteroatoms. The lowest BCUT2D eigenvalue weighted by Gasteiger charge is -2.14. The lowest BCUT2D eigenvalue weighted by molar-refractivity contribution is -0.143. The van der Waals surface area contributed by atoms with Crippen molar-refractivity contribution in [2.75, 3.05) is 5.73 Å². The molecule has 142 valence electrons. The fraction of sp³-hybridized carbons (Fsp3) is 0.111. The molecule has 1 aromatic heterocycles. The van der Waals surface area contributed by atoms with Gasteiger partial charge in [-0.2, -0.15) is 26.3 Å². The lowest BCUT2D eigenvalue weighted by Crippen LogP contribution is -2.11. The van der Waals surface area contributed by atoms with Crippen molar-refractivity contribution >= 4 is 5.88 Å². The molecule has 3 N–H and O–H groups in total. The molecule has 3 rings (SSSR count). The first-order valence-electron chi connectivity index (χ1n) is 7.45. The van der Waals surface area contributed by atoms with Crippen LogP contribution in [0.1, 0.15) is 11.1 Å². The van der Waals surface area contributed by atoms with Gasteiger partial charge in [0.15, 0.2) is 11.5 Å². The Labute approximate surface area is 148 Å². The number of rotatable bonds is 2. The normalized spacial score (nSPS) is 12.4. The summed E-state index contributed by atoms with van der Waals surface area (Å²) in [7, 11) is 0. The summed E-state index contributed by atoms with van der Waals surface area (Å²) in [5, 5.41) is 10.4. The van der Waals surface area contributed by atoms with Gasteiger partial charge in [-0.25, -0.2) is 0 Å². The number of hydrogen-bond donors (Lipinski definition) is 2. The molecule has 2 aromatic carbocycles. The van der Waals surface area contributed by atoms with E-state index in [-0.39, 0.29) is 11.8 Å². The number of anilines is 1. The van der Waals surface area contributed by atoms with Crippen LogP contribution in [0, 0.1) is 0 Å². The summed E-state index contributed by atoms with van der Waals surface area (Å²) in [6.07, 6.45) is -10.0. The highest BCUT2D eigenvalue weighted by Gasteiger charge is 2.37. The quantitative estimate of drug-likeness (QED) is 0.535. The standard InChI is InChI=1S/C18H11F6NO2/c19-17(20,21)11-6-10(7-12(8-11)18(22,23)24)13-14(26)15(27-16(13)25)9-4-2-1-3-5-9/h1-8,26H,25H2. The Morgan fingerprint density at radius 3 is 1.78 bits per heavy atom. The molecule has 0 spiro atoms. The first kappa shape index (κ1) is 18.7. The van der Waals surface area contributed by atoms with Gasteiger partial charge in [-0.05, 0) is 23.8 Å². The second-order valence-electron chi connectivity index (χ2n) is 5.68. The predicted octanol–water partition coefficient (Wildman–Crippen LogP) is 5.94. The van der Waals surface area contributed by atoms with Gasteiger partial charge in [0.2, 0.25) is 5.88 Å². The number of nitrogens with two attached hydrogens (primary N) is 1. The third-order valence-electron chi connectivity index (χ3n) is 3.82. The fourth-order valence-corrected chi connectivity index (χ4v) is 2.60. The van der Waals surface area contributed by atoms with Crippen LogP contribution in [0.15, 0.2) is 52.9 Å². The molecule has 27 heavy (non-hydrogen) atoms. The van der Waals surface area contributed by atoms with Crippen LogP contribution in [0.3, 0.4) is 0 Å². The second-order valence-corrected chi connectivity index (χ2v) is 5.68. The Hall–Kier alpha value is -3.10. The van der Waals surface area contributed by atoms with Crippen molar-refractivity contribution in [3.05, 3.63) is 59.7 Å². The van der Waals surface area contributed by atoms with Crippen molar-refractivity contribution in [1.29, 1.82) is 0 Å². The minimum Gasteiger partial charge on any atom is -0.504 e. The first-order chi connectivity index (χ1) is 12.5. The highest BCUT2D eigenvalue weighted by molar-refractivity contribution is 5.86. The Bertz CT molecular complexity index is 942. The molecule has 0 bridgehead atoms. The molecule has 0 saturated carbocycles. The van der Waals surface area contributed by atoms with Crippen LogP contribution in [0.4, 0.5) is 32.2 Å². The minimum atomic E-state index is -5.02. The largest absolute Gasteiger partial charge is 0.504 e. The van der Waals surface area contributed by atoms with Crippen LogP contribution in [0.25, 0.3) is 22.5 Å². The van der Waals surface area contributed by atoms with E-state index in [1.165, 1.54) is 12.1 Å². The fourth-order valence-electron chi connectivity index (χ4n) is 2.60. The van der Waals surface area contributed by atoms with Crippen LogP contribution < -0.4 is 5.73 Å². The van der Waals surface area contributed by atoms with E-state index in [2.05, 4.69) is 0 Å². The Balaban J connectivity index is 2.24. The van der Waals surface area contributed by atoms with Crippen LogP contribution >= 0.6 is 0 Å². The van der Waals surface area contributed by atoms with Crippen molar-refractivity contribution in [3.63, 3.8) is 0 Å². The van der Waals surface area contributed by atoms with E-state index < -0.39 is 46.2 Å². The molecular weight excluding hydrogens is 376 g/mol. The molecule has 0 saturated heterocycles. The van der Waals surface area contributed by atoms with E-state index >= 15 is 0 Å². The molecule has 0 aliphatic carbocycles. The van der Waals surface area contributed by atoms with Crippen LogP contribution in [0.5, 0.6) is 5.75 Å². The third-order valence-corrected chi connectivity index (χ3v) is 3.82. The van der Waals surface area contributed by atoms with E-state index in [9.17, 15) is 31.4 Å². The number of benzene rings is 2. The van der Waals surface area contributed by atoms with Crippen molar-refractivity contribution in [2.24, 2.45) is 0 Å². The third kappa shape index (κ3) is 3.57. The molecule has 0 unspecified atom stereocenters. The van der Waals surface area contributed by atoms with E-state index in [4.69, 9.17) is 10.2 Å². The maximum Gasteiger partial charge on any atom is 0.416 e. The van der Waals surface area contributed by atoms with Crippen LogP contribution in [-0.4, -0.2) is 5.11 Å². The van der Waals surface area contributed by atoms with Crippen LogP contribution in [-0.2, 0) is 12.4 Å². The summed E-state index contributed by atoms with van der Waals surface area (Å²) in [4.78, 5) is 0. The number of alkyl halides is 6. The average Bonchev–Trinajstić information content (AvgIpc) is 2.88. The number of halogens is 6. The molecule has 1 heterocycles. The van der Waals surface area contributed by atoms with Gasteiger partial charge < -0.3 is 15.3 Å². The monoisotopic (exact) mass is 387 g/mol. The smallest absolute Gasteiger partial charge is 0.416 e. The predicted molar refractivity (Wildman–Crippen MR) is 85.7 cm³/mol. The Kier molecular flexibility index (Phi) is 4.33. The van der Waals surface area contributed by atoms with Crippen molar-refractivity contribution < 1.29 is 35.9 Å². The van der Waals surface area contributed by atoms with Gasteiger partial charge in [0, 0.05) is 5.56 Å². The van der Waals surface area contributed by atoms with Gasteiger partial charge >= 0.3 is 12.4 Å². The van der Waals surface area contributed by atoms with E-state index in [0.717, 1.165) is 0 Å². The van der Waals surface area contributed by atoms with Gasteiger partial charge in [-0.1, -0.05) is 30.3 Å². The van der Waals surface area contributed by atoms with Crippen LogP contribution in [0.2, 0.25) is 0 Å². The molecule has 3 aromatic rings. The number of hydrogen-bond acceptors (Lipinski definition) is 3. The Morgan fingerprint density at radius 1 is 0.778 bits per heavy atom. The second kappa shape index (κ2) is 6.26. The number of furan rings is 1. The lowest BCUT2D eigenvalue weighted by atomic mass is 9.99. The highest BCUT2D eigenvalue weighted by atomic mass is 19.4. The molecule has 3 nitrogen and oxygen atoms in total. The number of nitrogen functional groups attached to an aromatic ring is 1. The summed E-state index contributed by atoms with van der Waals surface area (Å²) in [6.45, 7) is 0. The molecule has 0 aliphatic rings. The highest BCUT2D eigenvalue weighted by Crippen LogP contribution is 2.47. The molecule has 0 aliphatic heterocycles.